The average molecular weight is 368 g/mol. The van der Waals surface area contributed by atoms with Crippen LogP contribution in [0.2, 0.25) is 0 Å². The normalized spacial score (nSPS) is 11.8. The van der Waals surface area contributed by atoms with Gasteiger partial charge in [-0.3, -0.25) is 4.79 Å². The van der Waals surface area contributed by atoms with Gasteiger partial charge in [0.05, 0.1) is 5.69 Å². The van der Waals surface area contributed by atoms with Gasteiger partial charge in [0.1, 0.15) is 4.88 Å². The highest BCUT2D eigenvalue weighted by Crippen LogP contribution is 2.23. The fourth-order valence-electron chi connectivity index (χ4n) is 2.66. The van der Waals surface area contributed by atoms with Gasteiger partial charge in [0.2, 0.25) is 0 Å². The smallest absolute Gasteiger partial charge is 0.351 e. The molecule has 0 aliphatic heterocycles. The lowest BCUT2D eigenvalue weighted by Gasteiger charge is -2.21. The summed E-state index contributed by atoms with van der Waals surface area (Å²) >= 11 is 1.30. The quantitative estimate of drug-likeness (QED) is 0.623. The summed E-state index contributed by atoms with van der Waals surface area (Å²) in [7, 11) is 1.70. The third-order valence-corrected chi connectivity index (χ3v) is 4.87. The van der Waals surface area contributed by atoms with Crippen molar-refractivity contribution in [3.63, 3.8) is 0 Å². The van der Waals surface area contributed by atoms with E-state index in [4.69, 9.17) is 4.74 Å². The maximum Gasteiger partial charge on any atom is 0.351 e. The van der Waals surface area contributed by atoms with Crippen LogP contribution in [0.5, 0.6) is 0 Å². The minimum Gasteiger partial charge on any atom is -0.448 e. The van der Waals surface area contributed by atoms with E-state index < -0.39 is 12.1 Å². The fourth-order valence-corrected chi connectivity index (χ4v) is 3.44. The molecular formula is C20H20N2O3S. The second kappa shape index (κ2) is 8.01. The molecule has 0 radical (unpaired) electrons. The molecule has 2 heterocycles. The van der Waals surface area contributed by atoms with Crippen molar-refractivity contribution in [2.24, 2.45) is 0 Å². The summed E-state index contributed by atoms with van der Waals surface area (Å²) in [6.45, 7) is 2.07. The van der Waals surface area contributed by atoms with Crippen molar-refractivity contribution in [2.45, 2.75) is 19.6 Å². The zero-order valence-corrected chi connectivity index (χ0v) is 15.5. The van der Waals surface area contributed by atoms with E-state index in [9.17, 15) is 9.59 Å². The molecule has 26 heavy (non-hydrogen) atoms. The van der Waals surface area contributed by atoms with Crippen LogP contribution in [0.1, 0.15) is 22.2 Å². The van der Waals surface area contributed by atoms with Crippen molar-refractivity contribution in [1.29, 1.82) is 0 Å². The van der Waals surface area contributed by atoms with Crippen molar-refractivity contribution in [3.8, 4) is 5.69 Å². The van der Waals surface area contributed by atoms with Gasteiger partial charge in [-0.1, -0.05) is 30.3 Å². The number of likely N-dealkylation sites (N-methyl/N-ethyl adjacent to an activating group) is 1. The lowest BCUT2D eigenvalue weighted by atomic mass is 10.2. The monoisotopic (exact) mass is 368 g/mol. The lowest BCUT2D eigenvalue weighted by molar-refractivity contribution is -0.139. The van der Waals surface area contributed by atoms with Gasteiger partial charge < -0.3 is 14.2 Å². The largest absolute Gasteiger partial charge is 0.448 e. The Labute approximate surface area is 156 Å². The molecule has 0 saturated heterocycles. The lowest BCUT2D eigenvalue weighted by Crippen LogP contribution is -2.37. The van der Waals surface area contributed by atoms with E-state index in [1.165, 1.54) is 11.3 Å². The zero-order chi connectivity index (χ0) is 18.5. The molecule has 1 unspecified atom stereocenters. The van der Waals surface area contributed by atoms with Crippen LogP contribution in [0.4, 0.5) is 0 Å². The number of nitrogens with zero attached hydrogens (tertiary/aromatic N) is 2. The molecule has 3 rings (SSSR count). The maximum atomic E-state index is 12.5. The molecule has 134 valence electrons. The van der Waals surface area contributed by atoms with Crippen LogP contribution in [-0.2, 0) is 16.1 Å². The van der Waals surface area contributed by atoms with Crippen molar-refractivity contribution in [2.75, 3.05) is 7.05 Å². The second-order valence-corrected chi connectivity index (χ2v) is 6.87. The summed E-state index contributed by atoms with van der Waals surface area (Å²) in [5.74, 6) is -0.723. The molecule has 1 atom stereocenters. The number of carbonyl (C=O) groups excluding carboxylic acids is 2. The molecule has 0 fully saturated rings. The van der Waals surface area contributed by atoms with Crippen LogP contribution >= 0.6 is 11.3 Å². The molecule has 0 N–H and O–H groups in total. The summed E-state index contributed by atoms with van der Waals surface area (Å²) in [6.07, 6.45) is 2.87. The Kier molecular flexibility index (Phi) is 5.53. The molecule has 6 heteroatoms. The van der Waals surface area contributed by atoms with Crippen molar-refractivity contribution in [1.82, 2.24) is 9.47 Å². The Balaban J connectivity index is 1.64. The van der Waals surface area contributed by atoms with Gasteiger partial charge >= 0.3 is 5.97 Å². The molecule has 0 spiro atoms. The predicted molar refractivity (Wildman–Crippen MR) is 101 cm³/mol. The molecule has 3 aromatic rings. The third-order valence-electron chi connectivity index (χ3n) is 3.98. The molecule has 0 aliphatic rings. The molecule has 0 bridgehead atoms. The number of aromatic nitrogens is 1. The first-order valence-electron chi connectivity index (χ1n) is 8.27. The average Bonchev–Trinajstić information content (AvgIpc) is 3.32. The van der Waals surface area contributed by atoms with Crippen molar-refractivity contribution < 1.29 is 14.3 Å². The number of benzene rings is 1. The highest BCUT2D eigenvalue weighted by molar-refractivity contribution is 7.12. The Morgan fingerprint density at radius 3 is 2.50 bits per heavy atom. The highest BCUT2D eigenvalue weighted by atomic mass is 32.1. The van der Waals surface area contributed by atoms with Gasteiger partial charge in [-0.15, -0.1) is 11.3 Å². The first-order valence-corrected chi connectivity index (χ1v) is 9.15. The van der Waals surface area contributed by atoms with Gasteiger partial charge in [0.25, 0.3) is 5.91 Å². The van der Waals surface area contributed by atoms with E-state index in [0.29, 0.717) is 11.4 Å². The number of ether oxygens (including phenoxy) is 1. The molecule has 0 saturated carbocycles. The SMILES string of the molecule is CC(OC(=O)c1sccc1-n1cccc1)C(=O)N(C)Cc1ccccc1. The standard InChI is InChI=1S/C20H20N2O3S/c1-15(19(23)21(2)14-16-8-4-3-5-9-16)25-20(24)18-17(10-13-26-18)22-11-6-7-12-22/h3-13,15H,14H2,1-2H3. The van der Waals surface area contributed by atoms with E-state index >= 15 is 0 Å². The Hall–Kier alpha value is -2.86. The maximum absolute atomic E-state index is 12.5. The number of rotatable bonds is 6. The van der Waals surface area contributed by atoms with E-state index in [1.54, 1.807) is 18.9 Å². The van der Waals surface area contributed by atoms with Gasteiger partial charge in [0, 0.05) is 26.0 Å². The van der Waals surface area contributed by atoms with Gasteiger partial charge in [-0.2, -0.15) is 0 Å². The summed E-state index contributed by atoms with van der Waals surface area (Å²) in [5, 5.41) is 1.83. The minimum absolute atomic E-state index is 0.235. The van der Waals surface area contributed by atoms with Gasteiger partial charge in [-0.05, 0) is 36.1 Å². The molecule has 1 amide bonds. The zero-order valence-electron chi connectivity index (χ0n) is 14.7. The topological polar surface area (TPSA) is 51.5 Å². The number of carbonyl (C=O) groups is 2. The highest BCUT2D eigenvalue weighted by Gasteiger charge is 2.24. The summed E-state index contributed by atoms with van der Waals surface area (Å²) in [6, 6.07) is 15.3. The molecule has 5 nitrogen and oxygen atoms in total. The first kappa shape index (κ1) is 17.9. The minimum atomic E-state index is -0.851. The summed E-state index contributed by atoms with van der Waals surface area (Å²) < 4.78 is 7.27. The molecule has 0 aliphatic carbocycles. The number of thiophene rings is 1. The van der Waals surface area contributed by atoms with Gasteiger partial charge in [-0.25, -0.2) is 4.79 Å². The van der Waals surface area contributed by atoms with Crippen LogP contribution in [0, 0.1) is 0 Å². The number of hydrogen-bond donors (Lipinski definition) is 0. The van der Waals surface area contributed by atoms with Crippen LogP contribution < -0.4 is 0 Å². The predicted octanol–water partition coefficient (Wildman–Crippen LogP) is 3.74. The fraction of sp³-hybridized carbons (Fsp3) is 0.200. The van der Waals surface area contributed by atoms with Crippen LogP contribution in [0.3, 0.4) is 0 Å². The van der Waals surface area contributed by atoms with Crippen LogP contribution in [0.25, 0.3) is 5.69 Å². The molecule has 2 aromatic heterocycles. The second-order valence-electron chi connectivity index (χ2n) is 5.95. The first-order chi connectivity index (χ1) is 12.6. The van der Waals surface area contributed by atoms with E-state index in [0.717, 1.165) is 11.3 Å². The Bertz CT molecular complexity index is 872. The number of amides is 1. The van der Waals surface area contributed by atoms with Crippen molar-refractivity contribution >= 4 is 23.2 Å². The third kappa shape index (κ3) is 4.03. The molecular weight excluding hydrogens is 348 g/mol. The number of esters is 1. The van der Waals surface area contributed by atoms with Gasteiger partial charge in [0.15, 0.2) is 6.10 Å². The van der Waals surface area contributed by atoms with Crippen molar-refractivity contribution in [3.05, 3.63) is 76.7 Å². The summed E-state index contributed by atoms with van der Waals surface area (Å²) in [4.78, 5) is 27.1. The van der Waals surface area contributed by atoms with Crippen LogP contribution in [0.15, 0.2) is 66.3 Å². The van der Waals surface area contributed by atoms with E-state index in [1.807, 2.05) is 70.9 Å². The van der Waals surface area contributed by atoms with E-state index in [-0.39, 0.29) is 5.91 Å². The Morgan fingerprint density at radius 2 is 1.81 bits per heavy atom. The Morgan fingerprint density at radius 1 is 1.12 bits per heavy atom. The van der Waals surface area contributed by atoms with Crippen LogP contribution in [-0.4, -0.2) is 34.5 Å². The number of hydrogen-bond acceptors (Lipinski definition) is 4. The summed E-state index contributed by atoms with van der Waals surface area (Å²) in [5.41, 5.74) is 1.78. The van der Waals surface area contributed by atoms with E-state index in [2.05, 4.69) is 0 Å². The molecule has 1 aromatic carbocycles.